The number of carbonyl (C=O) groups is 2. The Labute approximate surface area is 189 Å². The van der Waals surface area contributed by atoms with Crippen molar-refractivity contribution in [2.45, 2.75) is 51.2 Å². The van der Waals surface area contributed by atoms with Gasteiger partial charge in [-0.3, -0.25) is 9.59 Å². The minimum absolute atomic E-state index is 0.173. The molecule has 1 aliphatic rings. The lowest BCUT2D eigenvalue weighted by Gasteiger charge is -2.11. The zero-order chi connectivity index (χ0) is 22.0. The first-order valence-electron chi connectivity index (χ1n) is 10.4. The summed E-state index contributed by atoms with van der Waals surface area (Å²) < 4.78 is 2.01. The Morgan fingerprint density at radius 2 is 2.00 bits per heavy atom. The number of hydrogen-bond donors (Lipinski definition) is 2. The predicted octanol–water partition coefficient (Wildman–Crippen LogP) is 4.04. The molecule has 0 atom stereocenters. The van der Waals surface area contributed by atoms with E-state index >= 15 is 0 Å². The summed E-state index contributed by atoms with van der Waals surface area (Å²) in [5.41, 5.74) is 9.27. The number of aryl methyl sites for hydroxylation is 2. The maximum Gasteiger partial charge on any atom is 0.251 e. The van der Waals surface area contributed by atoms with Crippen LogP contribution in [-0.4, -0.2) is 32.3 Å². The fourth-order valence-electron chi connectivity index (χ4n) is 3.91. The van der Waals surface area contributed by atoms with Crippen molar-refractivity contribution in [1.82, 2.24) is 14.8 Å². The van der Waals surface area contributed by atoms with Gasteiger partial charge >= 0.3 is 0 Å². The summed E-state index contributed by atoms with van der Waals surface area (Å²) in [6.07, 6.45) is 3.93. The van der Waals surface area contributed by atoms with Gasteiger partial charge in [-0.25, -0.2) is 0 Å². The fourth-order valence-corrected chi connectivity index (χ4v) is 6.02. The first-order chi connectivity index (χ1) is 15.0. The van der Waals surface area contributed by atoms with E-state index in [1.807, 2.05) is 42.7 Å². The standard InChI is InChI=1S/C22H25N5O2S2/c1-3-27-20(14-9-5-4-8-13(14)2)25-26-22(27)30-12-17(28)24-21-18(19(23)29)15-10-6-7-11-16(15)31-21/h4-5,8-9H,3,6-7,10-12H2,1-2H3,(H2,23,29)(H,24,28). The minimum Gasteiger partial charge on any atom is -0.365 e. The first-order valence-corrected chi connectivity index (χ1v) is 12.2. The van der Waals surface area contributed by atoms with E-state index in [2.05, 4.69) is 15.5 Å². The molecule has 1 aliphatic carbocycles. The van der Waals surface area contributed by atoms with Gasteiger partial charge in [0.1, 0.15) is 5.00 Å². The van der Waals surface area contributed by atoms with Crippen LogP contribution in [-0.2, 0) is 24.2 Å². The Morgan fingerprint density at radius 3 is 2.74 bits per heavy atom. The Bertz CT molecular complexity index is 1140. The van der Waals surface area contributed by atoms with E-state index < -0.39 is 5.91 Å². The van der Waals surface area contributed by atoms with Crippen molar-refractivity contribution in [2.24, 2.45) is 5.73 Å². The molecule has 0 spiro atoms. The van der Waals surface area contributed by atoms with Gasteiger partial charge in [0, 0.05) is 17.0 Å². The van der Waals surface area contributed by atoms with Gasteiger partial charge in [-0.2, -0.15) is 0 Å². The lowest BCUT2D eigenvalue weighted by Crippen LogP contribution is -2.19. The highest BCUT2D eigenvalue weighted by molar-refractivity contribution is 7.99. The molecule has 31 heavy (non-hydrogen) atoms. The van der Waals surface area contributed by atoms with Crippen molar-refractivity contribution in [3.05, 3.63) is 45.8 Å². The second-order valence-electron chi connectivity index (χ2n) is 7.48. The van der Waals surface area contributed by atoms with Gasteiger partial charge < -0.3 is 15.6 Å². The van der Waals surface area contributed by atoms with E-state index in [9.17, 15) is 9.59 Å². The number of carbonyl (C=O) groups excluding carboxylic acids is 2. The van der Waals surface area contributed by atoms with Gasteiger partial charge in [-0.15, -0.1) is 21.5 Å². The van der Waals surface area contributed by atoms with Crippen LogP contribution in [0.2, 0.25) is 0 Å². The molecule has 3 N–H and O–H groups in total. The minimum atomic E-state index is -0.476. The number of aromatic nitrogens is 3. The normalized spacial score (nSPS) is 13.1. The molecule has 0 saturated heterocycles. The number of fused-ring (bicyclic) bond motifs is 1. The topological polar surface area (TPSA) is 103 Å². The molecule has 162 valence electrons. The highest BCUT2D eigenvalue weighted by Gasteiger charge is 2.25. The fraction of sp³-hybridized carbons (Fsp3) is 0.364. The molecule has 0 unspecified atom stereocenters. The molecule has 0 aliphatic heterocycles. The number of benzene rings is 1. The number of primary amides is 1. The number of thiophene rings is 1. The van der Waals surface area contributed by atoms with Crippen molar-refractivity contribution in [2.75, 3.05) is 11.1 Å². The lowest BCUT2D eigenvalue weighted by atomic mass is 9.95. The van der Waals surface area contributed by atoms with Crippen LogP contribution in [0.3, 0.4) is 0 Å². The Hall–Kier alpha value is -2.65. The van der Waals surface area contributed by atoms with Crippen LogP contribution in [0.25, 0.3) is 11.4 Å². The molecule has 3 aromatic rings. The second kappa shape index (κ2) is 9.23. The number of rotatable bonds is 7. The number of anilines is 1. The van der Waals surface area contributed by atoms with E-state index in [0.717, 1.165) is 53.1 Å². The van der Waals surface area contributed by atoms with Crippen molar-refractivity contribution in [3.63, 3.8) is 0 Å². The third-order valence-electron chi connectivity index (χ3n) is 5.42. The van der Waals surface area contributed by atoms with Crippen molar-refractivity contribution >= 4 is 39.9 Å². The second-order valence-corrected chi connectivity index (χ2v) is 9.53. The van der Waals surface area contributed by atoms with Crippen molar-refractivity contribution in [1.29, 1.82) is 0 Å². The van der Waals surface area contributed by atoms with Gasteiger partial charge in [0.25, 0.3) is 5.91 Å². The van der Waals surface area contributed by atoms with E-state index in [4.69, 9.17) is 5.73 Å². The van der Waals surface area contributed by atoms with Crippen LogP contribution in [0.5, 0.6) is 0 Å². The number of hydrogen-bond acceptors (Lipinski definition) is 6. The summed E-state index contributed by atoms with van der Waals surface area (Å²) in [6, 6.07) is 8.04. The van der Waals surface area contributed by atoms with Crippen LogP contribution in [0.4, 0.5) is 5.00 Å². The molecular weight excluding hydrogens is 430 g/mol. The van der Waals surface area contributed by atoms with Gasteiger partial charge in [0.15, 0.2) is 11.0 Å². The van der Waals surface area contributed by atoms with Crippen LogP contribution in [0.1, 0.15) is 46.1 Å². The molecule has 2 aromatic heterocycles. The Morgan fingerprint density at radius 1 is 1.23 bits per heavy atom. The van der Waals surface area contributed by atoms with Gasteiger partial charge in [0.2, 0.25) is 5.91 Å². The predicted molar refractivity (Wildman–Crippen MR) is 125 cm³/mol. The average Bonchev–Trinajstić information content (AvgIpc) is 3.33. The summed E-state index contributed by atoms with van der Waals surface area (Å²) >= 11 is 2.81. The number of nitrogens with one attached hydrogen (secondary N) is 1. The third-order valence-corrected chi connectivity index (χ3v) is 7.60. The molecule has 0 bridgehead atoms. The van der Waals surface area contributed by atoms with Crippen LogP contribution >= 0.6 is 23.1 Å². The maximum absolute atomic E-state index is 12.7. The monoisotopic (exact) mass is 455 g/mol. The number of nitrogens with two attached hydrogens (primary N) is 1. The smallest absolute Gasteiger partial charge is 0.251 e. The molecule has 2 heterocycles. The number of thioether (sulfide) groups is 1. The highest BCUT2D eigenvalue weighted by Crippen LogP contribution is 2.38. The molecule has 4 rings (SSSR count). The molecule has 0 fully saturated rings. The molecule has 9 heteroatoms. The molecule has 0 saturated carbocycles. The highest BCUT2D eigenvalue weighted by atomic mass is 32.2. The molecule has 1 aromatic carbocycles. The zero-order valence-electron chi connectivity index (χ0n) is 17.6. The van der Waals surface area contributed by atoms with Crippen molar-refractivity contribution in [3.8, 4) is 11.4 Å². The van der Waals surface area contributed by atoms with Gasteiger partial charge in [-0.05, 0) is 50.7 Å². The zero-order valence-corrected chi connectivity index (χ0v) is 19.2. The van der Waals surface area contributed by atoms with Crippen molar-refractivity contribution < 1.29 is 9.59 Å². The Kier molecular flexibility index (Phi) is 6.43. The van der Waals surface area contributed by atoms with Gasteiger partial charge in [0.05, 0.1) is 11.3 Å². The summed E-state index contributed by atoms with van der Waals surface area (Å²) in [6.45, 7) is 4.77. The van der Waals surface area contributed by atoms with E-state index in [-0.39, 0.29) is 11.7 Å². The SMILES string of the molecule is CCn1c(SCC(=O)Nc2sc3c(c2C(N)=O)CCCC3)nnc1-c1ccccc1C. The summed E-state index contributed by atoms with van der Waals surface area (Å²) in [5.74, 6) is 0.308. The van der Waals surface area contributed by atoms with E-state index in [1.165, 1.54) is 23.1 Å². The van der Waals surface area contributed by atoms with Crippen LogP contribution < -0.4 is 11.1 Å². The van der Waals surface area contributed by atoms with Gasteiger partial charge in [-0.1, -0.05) is 36.0 Å². The molecular formula is C22H25N5O2S2. The quantitative estimate of drug-likeness (QED) is 0.523. The number of nitrogens with zero attached hydrogens (tertiary/aromatic N) is 3. The van der Waals surface area contributed by atoms with Crippen LogP contribution in [0.15, 0.2) is 29.4 Å². The third kappa shape index (κ3) is 4.38. The van der Waals surface area contributed by atoms with Crippen LogP contribution in [0, 0.1) is 6.92 Å². The first kappa shape index (κ1) is 21.6. The lowest BCUT2D eigenvalue weighted by molar-refractivity contribution is -0.113. The molecule has 0 radical (unpaired) electrons. The molecule has 2 amide bonds. The average molecular weight is 456 g/mol. The molecule has 7 nitrogen and oxygen atoms in total. The number of amides is 2. The summed E-state index contributed by atoms with van der Waals surface area (Å²) in [5, 5.41) is 12.8. The van der Waals surface area contributed by atoms with E-state index in [0.29, 0.717) is 22.3 Å². The Balaban J connectivity index is 1.49. The summed E-state index contributed by atoms with van der Waals surface area (Å²) in [7, 11) is 0. The maximum atomic E-state index is 12.7. The largest absolute Gasteiger partial charge is 0.365 e. The summed E-state index contributed by atoms with van der Waals surface area (Å²) in [4.78, 5) is 25.8. The van der Waals surface area contributed by atoms with E-state index in [1.54, 1.807) is 0 Å².